The van der Waals surface area contributed by atoms with Crippen molar-refractivity contribution in [3.8, 4) is 17.2 Å². The van der Waals surface area contributed by atoms with Crippen LogP contribution in [0.2, 0.25) is 0 Å². The van der Waals surface area contributed by atoms with Crippen molar-refractivity contribution >= 4 is 56.4 Å². The Morgan fingerprint density at radius 3 is 0.920 bits per heavy atom. The Morgan fingerprint density at radius 2 is 0.680 bits per heavy atom. The third-order valence-electron chi connectivity index (χ3n) is 2.98. The summed E-state index contributed by atoms with van der Waals surface area (Å²) < 4.78 is 20.7. The van der Waals surface area contributed by atoms with Crippen molar-refractivity contribution in [1.29, 1.82) is 0 Å². The molecule has 7 heteroatoms. The molecule has 0 saturated heterocycles. The molecule has 3 aromatic rings. The quantitative estimate of drug-likeness (QED) is 0.296. The van der Waals surface area contributed by atoms with E-state index in [1.54, 1.807) is 0 Å². The Hall–Kier alpha value is -1.07. The van der Waals surface area contributed by atoms with Gasteiger partial charge in [0.05, 0.1) is 0 Å². The maximum absolute atomic E-state index is 5.91. The van der Waals surface area contributed by atoms with Gasteiger partial charge in [-0.3, -0.25) is 0 Å². The number of rotatable bonds is 6. The van der Waals surface area contributed by atoms with E-state index in [9.17, 15) is 0 Å². The molecule has 0 aliphatic carbocycles. The van der Waals surface area contributed by atoms with Gasteiger partial charge in [0, 0.05) is 13.4 Å². The van der Waals surface area contributed by atoms with E-state index < -0.39 is 8.60 Å². The minimum atomic E-state index is -1.66. The third kappa shape index (κ3) is 6.00. The van der Waals surface area contributed by atoms with E-state index in [-0.39, 0.29) is 0 Å². The molecule has 0 saturated carbocycles. The highest BCUT2D eigenvalue weighted by Gasteiger charge is 2.19. The SMILES string of the molecule is Brc1ccc(OP(Oc2ccc(Br)cc2)Oc2ccc(Br)cc2)cc1. The summed E-state index contributed by atoms with van der Waals surface area (Å²) in [5, 5.41) is 0. The highest BCUT2D eigenvalue weighted by molar-refractivity contribution is 9.11. The van der Waals surface area contributed by atoms with Gasteiger partial charge < -0.3 is 13.6 Å². The number of hydrogen-bond donors (Lipinski definition) is 0. The Balaban J connectivity index is 1.77. The van der Waals surface area contributed by atoms with E-state index in [0.717, 1.165) is 13.4 Å². The van der Waals surface area contributed by atoms with Crippen molar-refractivity contribution < 1.29 is 13.6 Å². The van der Waals surface area contributed by atoms with Crippen LogP contribution in [0.3, 0.4) is 0 Å². The second kappa shape index (κ2) is 9.04. The topological polar surface area (TPSA) is 27.7 Å². The van der Waals surface area contributed by atoms with Crippen molar-refractivity contribution in [2.45, 2.75) is 0 Å². The van der Waals surface area contributed by atoms with Gasteiger partial charge in [-0.2, -0.15) is 0 Å². The summed E-state index contributed by atoms with van der Waals surface area (Å²) in [6.45, 7) is 0. The molecule has 25 heavy (non-hydrogen) atoms. The number of halogens is 3. The van der Waals surface area contributed by atoms with Gasteiger partial charge in [-0.1, -0.05) is 47.8 Å². The van der Waals surface area contributed by atoms with Gasteiger partial charge in [-0.25, -0.2) is 0 Å². The lowest BCUT2D eigenvalue weighted by atomic mass is 10.3. The molecule has 0 atom stereocenters. The van der Waals surface area contributed by atoms with Crippen LogP contribution in [0.4, 0.5) is 0 Å². The first-order chi connectivity index (χ1) is 12.1. The molecule has 0 aromatic heterocycles. The Kier molecular flexibility index (Phi) is 6.77. The van der Waals surface area contributed by atoms with E-state index in [0.29, 0.717) is 17.2 Å². The van der Waals surface area contributed by atoms with Crippen molar-refractivity contribution in [2.24, 2.45) is 0 Å². The van der Waals surface area contributed by atoms with Crippen LogP contribution in [-0.4, -0.2) is 0 Å². The Bertz CT molecular complexity index is 696. The fraction of sp³-hybridized carbons (Fsp3) is 0. The summed E-state index contributed by atoms with van der Waals surface area (Å²) in [5.74, 6) is 2.01. The fourth-order valence-corrected chi connectivity index (χ4v) is 3.59. The molecule has 0 aliphatic rings. The molecule has 0 amide bonds. The Labute approximate surface area is 172 Å². The third-order valence-corrected chi connectivity index (χ3v) is 5.65. The highest BCUT2D eigenvalue weighted by atomic mass is 79.9. The lowest BCUT2D eigenvalue weighted by molar-refractivity contribution is 0.388. The highest BCUT2D eigenvalue weighted by Crippen LogP contribution is 2.42. The van der Waals surface area contributed by atoms with Crippen molar-refractivity contribution in [2.75, 3.05) is 0 Å². The van der Waals surface area contributed by atoms with Gasteiger partial charge in [0.25, 0.3) is 0 Å². The molecule has 3 nitrogen and oxygen atoms in total. The van der Waals surface area contributed by atoms with Gasteiger partial charge in [0.2, 0.25) is 0 Å². The average Bonchev–Trinajstić information content (AvgIpc) is 2.61. The summed E-state index contributed by atoms with van der Waals surface area (Å²) >= 11 is 10.2. The molecule has 3 rings (SSSR count). The van der Waals surface area contributed by atoms with Crippen LogP contribution in [0.25, 0.3) is 0 Å². The fourth-order valence-electron chi connectivity index (χ4n) is 1.80. The summed E-state index contributed by atoms with van der Waals surface area (Å²) in [4.78, 5) is 0. The van der Waals surface area contributed by atoms with E-state index >= 15 is 0 Å². The van der Waals surface area contributed by atoms with Crippen molar-refractivity contribution in [1.82, 2.24) is 0 Å². The summed E-state index contributed by atoms with van der Waals surface area (Å²) in [7, 11) is -1.66. The Morgan fingerprint density at radius 1 is 0.440 bits per heavy atom. The monoisotopic (exact) mass is 544 g/mol. The lowest BCUT2D eigenvalue weighted by Crippen LogP contribution is -2.02. The van der Waals surface area contributed by atoms with Gasteiger partial charge in [-0.05, 0) is 72.8 Å². The molecular weight excluding hydrogens is 535 g/mol. The van der Waals surface area contributed by atoms with Gasteiger partial charge in [0.15, 0.2) is 0 Å². The van der Waals surface area contributed by atoms with Gasteiger partial charge in [-0.15, -0.1) is 0 Å². The normalized spacial score (nSPS) is 10.6. The molecule has 0 aliphatic heterocycles. The molecule has 0 spiro atoms. The maximum Gasteiger partial charge on any atom is 0.530 e. The largest absolute Gasteiger partial charge is 0.530 e. The van der Waals surface area contributed by atoms with Crippen LogP contribution in [0, 0.1) is 0 Å². The van der Waals surface area contributed by atoms with E-state index in [1.807, 2.05) is 72.8 Å². The molecule has 0 fully saturated rings. The van der Waals surface area contributed by atoms with Crippen LogP contribution in [-0.2, 0) is 0 Å². The summed E-state index contributed by atoms with van der Waals surface area (Å²) in [6, 6.07) is 22.6. The van der Waals surface area contributed by atoms with E-state index in [2.05, 4.69) is 47.8 Å². The van der Waals surface area contributed by atoms with Crippen LogP contribution >= 0.6 is 56.4 Å². The molecule has 0 unspecified atom stereocenters. The zero-order chi connectivity index (χ0) is 17.6. The predicted molar refractivity (Wildman–Crippen MR) is 111 cm³/mol. The lowest BCUT2D eigenvalue weighted by Gasteiger charge is -2.18. The summed E-state index contributed by atoms with van der Waals surface area (Å²) in [5.41, 5.74) is 0. The second-order valence-corrected chi connectivity index (χ2v) is 8.60. The number of benzene rings is 3. The predicted octanol–water partition coefficient (Wildman–Crippen LogP) is 7.74. The minimum Gasteiger partial charge on any atom is -0.409 e. The van der Waals surface area contributed by atoms with E-state index in [4.69, 9.17) is 13.6 Å². The molecule has 3 aromatic carbocycles. The molecule has 0 radical (unpaired) electrons. The maximum atomic E-state index is 5.91. The van der Waals surface area contributed by atoms with Crippen LogP contribution < -0.4 is 13.6 Å². The number of hydrogen-bond acceptors (Lipinski definition) is 3. The summed E-state index contributed by atoms with van der Waals surface area (Å²) in [6.07, 6.45) is 0. The standard InChI is InChI=1S/C18H12Br3O3P/c19-13-1-7-16(8-2-13)22-25(23-17-9-3-14(20)4-10-17)24-18-11-5-15(21)6-12-18/h1-12H. The average molecular weight is 547 g/mol. The first-order valence-electron chi connectivity index (χ1n) is 7.19. The molecule has 128 valence electrons. The first kappa shape index (κ1) is 18.7. The minimum absolute atomic E-state index is 0.670. The van der Waals surface area contributed by atoms with Crippen LogP contribution in [0.1, 0.15) is 0 Å². The van der Waals surface area contributed by atoms with Gasteiger partial charge in [0.1, 0.15) is 17.2 Å². The molecule has 0 bridgehead atoms. The molecule has 0 N–H and O–H groups in total. The smallest absolute Gasteiger partial charge is 0.409 e. The molecule has 0 heterocycles. The second-order valence-electron chi connectivity index (χ2n) is 4.86. The first-order valence-corrected chi connectivity index (χ1v) is 10.7. The van der Waals surface area contributed by atoms with E-state index in [1.165, 1.54) is 0 Å². The van der Waals surface area contributed by atoms with Crippen molar-refractivity contribution in [3.05, 3.63) is 86.2 Å². The van der Waals surface area contributed by atoms with Crippen LogP contribution in [0.15, 0.2) is 86.2 Å². The van der Waals surface area contributed by atoms with Crippen LogP contribution in [0.5, 0.6) is 17.2 Å². The van der Waals surface area contributed by atoms with Gasteiger partial charge >= 0.3 is 8.60 Å². The zero-order valence-corrected chi connectivity index (χ0v) is 18.4. The van der Waals surface area contributed by atoms with Crippen molar-refractivity contribution in [3.63, 3.8) is 0 Å². The molecular formula is C18H12Br3O3P. The zero-order valence-electron chi connectivity index (χ0n) is 12.7.